The maximum atomic E-state index is 17.4. The van der Waals surface area contributed by atoms with Crippen LogP contribution in [0.15, 0.2) is 29.2 Å². The molecule has 10 nitrogen and oxygen atoms in total. The fraction of sp³-hybridized carbons (Fsp3) is 0.400. The number of benzene rings is 3. The third-order valence-electron chi connectivity index (χ3n) is 11.4. The van der Waals surface area contributed by atoms with Crippen LogP contribution >= 0.6 is 11.8 Å². The summed E-state index contributed by atoms with van der Waals surface area (Å²) < 4.78 is 91.2. The van der Waals surface area contributed by atoms with Crippen LogP contribution in [0.4, 0.5) is 18.9 Å². The number of anilines is 1. The van der Waals surface area contributed by atoms with Crippen molar-refractivity contribution in [3.8, 4) is 11.5 Å². The van der Waals surface area contributed by atoms with E-state index >= 15 is 13.2 Å². The lowest BCUT2D eigenvalue weighted by Crippen LogP contribution is -2.53. The number of thioether (sulfide) groups is 1. The first-order chi connectivity index (χ1) is 25.9. The fourth-order valence-electron chi connectivity index (χ4n) is 9.22. The van der Waals surface area contributed by atoms with Gasteiger partial charge in [0, 0.05) is 65.6 Å². The topological polar surface area (TPSA) is 153 Å². The zero-order valence-corrected chi connectivity index (χ0v) is 32.4. The monoisotopic (exact) mass is 796 g/mol. The highest BCUT2D eigenvalue weighted by molar-refractivity contribution is 8.00. The molecule has 0 bridgehead atoms. The Morgan fingerprint density at radius 1 is 0.945 bits per heavy atom. The molecule has 0 spiro atoms. The summed E-state index contributed by atoms with van der Waals surface area (Å²) in [5.74, 6) is -6.94. The number of carbonyl (C=O) groups is 1. The Kier molecular flexibility index (Phi) is 8.89. The van der Waals surface area contributed by atoms with E-state index in [0.717, 1.165) is 35.0 Å². The third-order valence-corrected chi connectivity index (χ3v) is 13.5. The maximum Gasteiger partial charge on any atom is 0.265 e. The van der Waals surface area contributed by atoms with Crippen LogP contribution in [0.2, 0.25) is 0 Å². The highest BCUT2D eigenvalue weighted by Gasteiger charge is 2.44. The molecule has 5 heterocycles. The highest BCUT2D eigenvalue weighted by Crippen LogP contribution is 2.53. The van der Waals surface area contributed by atoms with Gasteiger partial charge in [-0.2, -0.15) is 8.42 Å². The molecule has 0 fully saturated rings. The summed E-state index contributed by atoms with van der Waals surface area (Å²) in [6.07, 6.45) is 6.45. The van der Waals surface area contributed by atoms with E-state index in [1.54, 1.807) is 12.1 Å². The lowest BCUT2D eigenvalue weighted by Gasteiger charge is -2.47. The van der Waals surface area contributed by atoms with E-state index in [9.17, 15) is 28.0 Å². The van der Waals surface area contributed by atoms with E-state index in [2.05, 4.69) is 9.48 Å². The van der Waals surface area contributed by atoms with Gasteiger partial charge in [-0.15, -0.1) is 11.8 Å². The molecule has 0 radical (unpaired) electrons. The number of carbonyl (C=O) groups excluding carboxylic acids is 1. The molecule has 1 amide bonds. The Morgan fingerprint density at radius 2 is 1.64 bits per heavy atom. The molecule has 8 rings (SSSR count). The van der Waals surface area contributed by atoms with Crippen LogP contribution in [0.5, 0.6) is 11.5 Å². The van der Waals surface area contributed by atoms with Gasteiger partial charge in [-0.05, 0) is 62.5 Å². The second-order valence-electron chi connectivity index (χ2n) is 15.7. The SMILES string of the molecule is CC1(C)C=C(CO)c2cc3c(c4c2N1CCC4)Oc1c2c4c(cc1=C3c1c(F)c(SCCS(=O)(=O)O)c(F)c(F)c1C(N)=O)C(CO)=CC(C)(C)[N+]=4CCC2. The van der Waals surface area contributed by atoms with Gasteiger partial charge in [0.05, 0.1) is 51.8 Å². The molecule has 5 aliphatic rings. The fourth-order valence-corrected chi connectivity index (χ4v) is 11.0. The average Bonchev–Trinajstić information content (AvgIpc) is 3.12. The molecule has 0 saturated carbocycles. The van der Waals surface area contributed by atoms with Crippen LogP contribution in [0.1, 0.15) is 84.3 Å². The second-order valence-corrected chi connectivity index (χ2v) is 18.4. The van der Waals surface area contributed by atoms with Crippen molar-refractivity contribution in [1.82, 2.24) is 4.58 Å². The smallest absolute Gasteiger partial charge is 0.265 e. The van der Waals surface area contributed by atoms with Crippen molar-refractivity contribution in [2.45, 2.75) is 69.4 Å². The molecule has 55 heavy (non-hydrogen) atoms. The predicted molar refractivity (Wildman–Crippen MR) is 204 cm³/mol. The van der Waals surface area contributed by atoms with Gasteiger partial charge >= 0.3 is 0 Å². The number of nitrogens with two attached hydrogens (primary N) is 1. The highest BCUT2D eigenvalue weighted by atomic mass is 32.2. The minimum absolute atomic E-state index is 0.00493. The molecule has 0 aliphatic carbocycles. The molecule has 0 atom stereocenters. The number of hydrogen-bond donors (Lipinski definition) is 4. The normalized spacial score (nSPS) is 18.8. The maximum absolute atomic E-state index is 17.4. The molecule has 5 N–H and O–H groups in total. The van der Waals surface area contributed by atoms with Gasteiger partial charge in [-0.1, -0.05) is 6.08 Å². The minimum atomic E-state index is -4.54. The van der Waals surface area contributed by atoms with Gasteiger partial charge in [-0.25, -0.2) is 17.7 Å². The van der Waals surface area contributed by atoms with Crippen LogP contribution in [0.3, 0.4) is 0 Å². The van der Waals surface area contributed by atoms with E-state index in [1.807, 2.05) is 39.8 Å². The van der Waals surface area contributed by atoms with Crippen LogP contribution < -0.4 is 30.5 Å². The number of primary amides is 1. The van der Waals surface area contributed by atoms with E-state index in [4.69, 9.17) is 10.5 Å². The van der Waals surface area contributed by atoms with E-state index in [1.165, 1.54) is 0 Å². The second kappa shape index (κ2) is 12.9. The predicted octanol–water partition coefficient (Wildman–Crippen LogP) is 4.06. The van der Waals surface area contributed by atoms with Crippen LogP contribution in [-0.4, -0.2) is 78.0 Å². The third kappa shape index (κ3) is 5.75. The first-order valence-electron chi connectivity index (χ1n) is 18.1. The Balaban J connectivity index is 1.57. The minimum Gasteiger partial charge on any atom is -0.455 e. The summed E-state index contributed by atoms with van der Waals surface area (Å²) in [5, 5.41) is 22.5. The molecule has 15 heteroatoms. The van der Waals surface area contributed by atoms with E-state index in [-0.39, 0.29) is 29.6 Å². The van der Waals surface area contributed by atoms with Gasteiger partial charge in [0.2, 0.25) is 5.36 Å². The van der Waals surface area contributed by atoms with Crippen molar-refractivity contribution in [2.75, 3.05) is 42.7 Å². The molecule has 3 aromatic carbocycles. The van der Waals surface area contributed by atoms with Crippen LogP contribution in [0, 0.1) is 17.5 Å². The largest absolute Gasteiger partial charge is 0.455 e. The summed E-state index contributed by atoms with van der Waals surface area (Å²) in [5.41, 5.74) is 8.21. The number of amides is 1. The van der Waals surface area contributed by atoms with Crippen LogP contribution in [0.25, 0.3) is 16.7 Å². The van der Waals surface area contributed by atoms with E-state index in [0.29, 0.717) is 71.5 Å². The van der Waals surface area contributed by atoms with Gasteiger partial charge in [-0.3, -0.25) is 9.35 Å². The van der Waals surface area contributed by atoms with Crippen LogP contribution in [-0.2, 0) is 23.0 Å². The number of aliphatic hydroxyl groups excluding tert-OH is 2. The van der Waals surface area contributed by atoms with Crippen molar-refractivity contribution in [1.29, 1.82) is 0 Å². The number of ether oxygens (including phenoxy) is 1. The molecule has 0 unspecified atom stereocenters. The number of fused-ring (bicyclic) bond motifs is 4. The number of aliphatic hydroxyl groups is 2. The summed E-state index contributed by atoms with van der Waals surface area (Å²) in [6, 6.07) is 3.45. The quantitative estimate of drug-likeness (QED) is 0.0896. The molecular weight excluding hydrogens is 756 g/mol. The molecule has 3 aromatic rings. The Morgan fingerprint density at radius 3 is 2.31 bits per heavy atom. The van der Waals surface area contributed by atoms with Crippen molar-refractivity contribution in [2.24, 2.45) is 5.73 Å². The Hall–Kier alpha value is -4.15. The molecule has 0 aromatic heterocycles. The average molecular weight is 797 g/mol. The summed E-state index contributed by atoms with van der Waals surface area (Å²) in [6.45, 7) is 8.94. The lowest BCUT2D eigenvalue weighted by atomic mass is 9.78. The van der Waals surface area contributed by atoms with Crippen molar-refractivity contribution in [3.05, 3.63) is 91.3 Å². The van der Waals surface area contributed by atoms with Gasteiger partial charge in [0.15, 0.2) is 17.2 Å². The summed E-state index contributed by atoms with van der Waals surface area (Å²) in [4.78, 5) is 14.6. The number of rotatable bonds is 8. The zero-order valence-electron chi connectivity index (χ0n) is 30.8. The van der Waals surface area contributed by atoms with Crippen molar-refractivity contribution >= 4 is 50.2 Å². The van der Waals surface area contributed by atoms with Gasteiger partial charge in [0.1, 0.15) is 23.9 Å². The van der Waals surface area contributed by atoms with E-state index < -0.39 is 72.1 Å². The molecule has 290 valence electrons. The van der Waals surface area contributed by atoms with Crippen molar-refractivity contribution in [3.63, 3.8) is 0 Å². The first-order valence-corrected chi connectivity index (χ1v) is 20.7. The number of hydrogen-bond acceptors (Lipinski definition) is 8. The summed E-state index contributed by atoms with van der Waals surface area (Å²) >= 11 is 0.340. The number of halogens is 3. The van der Waals surface area contributed by atoms with Gasteiger partial charge < -0.3 is 25.6 Å². The first kappa shape index (κ1) is 37.8. The molecular formula is C40H41F3N3O7S2+. The number of nitrogens with zero attached hydrogens (tertiary/aromatic N) is 2. The standard InChI is InChI=1S/C40H40F3N3O7S2/c1-39(2)15-19(17-47)23-13-25-27(28-29(38(44)49)30(41)32(43)37(31(28)42)54-11-12-55(50,51)52)26-14-24-20(18-48)16-40(3,4)46-10-6-8-22(34(24)46)36(26)53-35(25)21-7-5-9-45(39)33(21)23/h13-16,47-48H,5-12,17-18H2,1-4H3,(H2-,44,49,50,51,52)/p+1. The zero-order chi connectivity index (χ0) is 39.5. The molecule has 5 aliphatic heterocycles. The molecule has 0 saturated heterocycles. The van der Waals surface area contributed by atoms with Gasteiger partial charge in [0.25, 0.3) is 16.0 Å². The Labute approximate surface area is 320 Å². The Bertz CT molecular complexity index is 2580. The summed E-state index contributed by atoms with van der Waals surface area (Å²) in [7, 11) is -4.54. The lowest BCUT2D eigenvalue weighted by molar-refractivity contribution is 0.0994. The van der Waals surface area contributed by atoms with Crippen molar-refractivity contribution < 1.29 is 45.9 Å².